The monoisotopic (exact) mass is 382 g/mol. The van der Waals surface area contributed by atoms with Gasteiger partial charge in [-0.1, -0.05) is 12.1 Å². The molecule has 1 fully saturated rings. The normalized spacial score (nSPS) is 18.5. The molecule has 2 aliphatic rings. The number of nitrogens with zero attached hydrogens (tertiary/aromatic N) is 1. The number of carbonyl (C=O) groups excluding carboxylic acids is 1. The molecule has 1 saturated heterocycles. The topological polar surface area (TPSA) is 71.0 Å². The Kier molecular flexibility index (Phi) is 5.39. The molecule has 6 nitrogen and oxygen atoms in total. The van der Waals surface area contributed by atoms with E-state index in [1.807, 2.05) is 37.3 Å². The average molecular weight is 382 g/mol. The molecule has 0 aliphatic carbocycles. The molecule has 28 heavy (non-hydrogen) atoms. The summed E-state index contributed by atoms with van der Waals surface area (Å²) in [7, 11) is 0. The molecular weight excluding hydrogens is 356 g/mol. The summed E-state index contributed by atoms with van der Waals surface area (Å²) in [6, 6.07) is 12.8. The van der Waals surface area contributed by atoms with E-state index in [-0.39, 0.29) is 11.9 Å². The molecule has 2 aliphatic heterocycles. The number of benzene rings is 2. The molecule has 148 valence electrons. The minimum atomic E-state index is -0.200. The first kappa shape index (κ1) is 18.6. The van der Waals surface area contributed by atoms with E-state index in [0.29, 0.717) is 36.4 Å². The second-order valence-electron chi connectivity index (χ2n) is 7.43. The number of aromatic hydroxyl groups is 1. The maximum absolute atomic E-state index is 12.7. The Morgan fingerprint density at radius 1 is 1.07 bits per heavy atom. The Labute approximate surface area is 165 Å². The number of fused-ring (bicyclic) bond motifs is 1. The molecule has 2 aromatic rings. The van der Waals surface area contributed by atoms with Crippen LogP contribution in [0.1, 0.15) is 31.2 Å². The molecule has 0 spiro atoms. The van der Waals surface area contributed by atoms with Crippen LogP contribution in [0.3, 0.4) is 0 Å². The predicted octanol–water partition coefficient (Wildman–Crippen LogP) is 3.37. The SMILES string of the molecule is CC(C(=O)Nc1ccc2c(c1)OCCO2)N1CCC(c2ccc(O)cc2)CC1. The summed E-state index contributed by atoms with van der Waals surface area (Å²) in [5, 5.41) is 12.4. The minimum absolute atomic E-state index is 0.0141. The van der Waals surface area contributed by atoms with Crippen LogP contribution < -0.4 is 14.8 Å². The number of phenols is 1. The fourth-order valence-electron chi connectivity index (χ4n) is 3.90. The van der Waals surface area contributed by atoms with Crippen molar-refractivity contribution < 1.29 is 19.4 Å². The summed E-state index contributed by atoms with van der Waals surface area (Å²) in [6.45, 7) is 4.78. The molecule has 2 N–H and O–H groups in total. The van der Waals surface area contributed by atoms with E-state index in [1.54, 1.807) is 12.1 Å². The molecule has 1 amide bonds. The van der Waals surface area contributed by atoms with Crippen LogP contribution in [0.25, 0.3) is 0 Å². The smallest absolute Gasteiger partial charge is 0.241 e. The van der Waals surface area contributed by atoms with Gasteiger partial charge in [0.1, 0.15) is 19.0 Å². The van der Waals surface area contributed by atoms with E-state index in [0.717, 1.165) is 31.6 Å². The van der Waals surface area contributed by atoms with Crippen LogP contribution in [0.2, 0.25) is 0 Å². The highest BCUT2D eigenvalue weighted by Crippen LogP contribution is 2.33. The first-order chi connectivity index (χ1) is 13.6. The summed E-state index contributed by atoms with van der Waals surface area (Å²) in [5.74, 6) is 2.15. The van der Waals surface area contributed by atoms with Crippen molar-refractivity contribution in [2.45, 2.75) is 31.7 Å². The zero-order valence-electron chi connectivity index (χ0n) is 16.1. The molecule has 0 saturated carbocycles. The lowest BCUT2D eigenvalue weighted by atomic mass is 9.89. The summed E-state index contributed by atoms with van der Waals surface area (Å²) >= 11 is 0. The number of ether oxygens (including phenoxy) is 2. The van der Waals surface area contributed by atoms with Gasteiger partial charge in [0.05, 0.1) is 6.04 Å². The van der Waals surface area contributed by atoms with Gasteiger partial charge in [-0.25, -0.2) is 0 Å². The number of amides is 1. The first-order valence-electron chi connectivity index (χ1n) is 9.83. The van der Waals surface area contributed by atoms with E-state index in [2.05, 4.69) is 10.2 Å². The van der Waals surface area contributed by atoms with Gasteiger partial charge in [-0.2, -0.15) is 0 Å². The fraction of sp³-hybridized carbons (Fsp3) is 0.409. The Balaban J connectivity index is 1.32. The molecule has 2 heterocycles. The number of hydrogen-bond acceptors (Lipinski definition) is 5. The van der Waals surface area contributed by atoms with Crippen molar-refractivity contribution in [1.29, 1.82) is 0 Å². The van der Waals surface area contributed by atoms with Crippen molar-refractivity contribution in [3.05, 3.63) is 48.0 Å². The highest BCUT2D eigenvalue weighted by molar-refractivity contribution is 5.94. The number of likely N-dealkylation sites (tertiary alicyclic amines) is 1. The van der Waals surface area contributed by atoms with Crippen LogP contribution in [0.5, 0.6) is 17.2 Å². The molecule has 0 radical (unpaired) electrons. The van der Waals surface area contributed by atoms with Crippen LogP contribution in [0.15, 0.2) is 42.5 Å². The van der Waals surface area contributed by atoms with Crippen molar-refractivity contribution in [2.75, 3.05) is 31.6 Å². The maximum atomic E-state index is 12.7. The van der Waals surface area contributed by atoms with Crippen molar-refractivity contribution in [1.82, 2.24) is 4.90 Å². The summed E-state index contributed by atoms with van der Waals surface area (Å²) in [6.07, 6.45) is 2.01. The number of hydrogen-bond donors (Lipinski definition) is 2. The van der Waals surface area contributed by atoms with Crippen LogP contribution in [-0.2, 0) is 4.79 Å². The average Bonchev–Trinajstić information content (AvgIpc) is 2.74. The van der Waals surface area contributed by atoms with Gasteiger partial charge in [0, 0.05) is 11.8 Å². The third-order valence-electron chi connectivity index (χ3n) is 5.63. The quantitative estimate of drug-likeness (QED) is 0.848. The zero-order valence-corrected chi connectivity index (χ0v) is 16.1. The van der Waals surface area contributed by atoms with Gasteiger partial charge < -0.3 is 19.9 Å². The van der Waals surface area contributed by atoms with Gasteiger partial charge in [-0.3, -0.25) is 9.69 Å². The van der Waals surface area contributed by atoms with E-state index in [9.17, 15) is 9.90 Å². The largest absolute Gasteiger partial charge is 0.508 e. The minimum Gasteiger partial charge on any atom is -0.508 e. The second-order valence-corrected chi connectivity index (χ2v) is 7.43. The Bertz CT molecular complexity index is 829. The number of nitrogens with one attached hydrogen (secondary N) is 1. The predicted molar refractivity (Wildman–Crippen MR) is 107 cm³/mol. The number of rotatable bonds is 4. The van der Waals surface area contributed by atoms with Crippen LogP contribution in [-0.4, -0.2) is 48.3 Å². The highest BCUT2D eigenvalue weighted by atomic mass is 16.6. The number of phenolic OH excluding ortho intramolecular Hbond substituents is 1. The van der Waals surface area contributed by atoms with Gasteiger partial charge in [0.15, 0.2) is 11.5 Å². The summed E-state index contributed by atoms with van der Waals surface area (Å²) in [5.41, 5.74) is 1.98. The van der Waals surface area contributed by atoms with E-state index in [4.69, 9.17) is 9.47 Å². The lowest BCUT2D eigenvalue weighted by Gasteiger charge is -2.35. The third-order valence-corrected chi connectivity index (χ3v) is 5.63. The summed E-state index contributed by atoms with van der Waals surface area (Å²) < 4.78 is 11.1. The first-order valence-corrected chi connectivity index (χ1v) is 9.83. The molecule has 4 rings (SSSR count). The number of piperidine rings is 1. The van der Waals surface area contributed by atoms with Gasteiger partial charge >= 0.3 is 0 Å². The van der Waals surface area contributed by atoms with E-state index in [1.165, 1.54) is 5.56 Å². The van der Waals surface area contributed by atoms with Gasteiger partial charge in [0.25, 0.3) is 0 Å². The molecule has 1 atom stereocenters. The number of anilines is 1. The standard InChI is InChI=1S/C22H26N2O4/c1-15(22(26)23-18-4-7-20-21(14-18)28-13-12-27-20)24-10-8-17(9-11-24)16-2-5-19(25)6-3-16/h2-7,14-15,17,25H,8-13H2,1H3,(H,23,26). The van der Waals surface area contributed by atoms with Gasteiger partial charge in [0.2, 0.25) is 5.91 Å². The Morgan fingerprint density at radius 3 is 2.46 bits per heavy atom. The zero-order chi connectivity index (χ0) is 19.5. The van der Waals surface area contributed by atoms with Crippen LogP contribution in [0, 0.1) is 0 Å². The van der Waals surface area contributed by atoms with Crippen molar-refractivity contribution in [3.63, 3.8) is 0 Å². The fourth-order valence-corrected chi connectivity index (χ4v) is 3.90. The van der Waals surface area contributed by atoms with Gasteiger partial charge in [-0.05, 0) is 68.6 Å². The van der Waals surface area contributed by atoms with Crippen LogP contribution >= 0.6 is 0 Å². The van der Waals surface area contributed by atoms with Crippen molar-refractivity contribution in [2.24, 2.45) is 0 Å². The molecule has 0 bridgehead atoms. The lowest BCUT2D eigenvalue weighted by Crippen LogP contribution is -2.45. The molecule has 2 aromatic carbocycles. The maximum Gasteiger partial charge on any atom is 0.241 e. The summed E-state index contributed by atoms with van der Waals surface area (Å²) in [4.78, 5) is 14.9. The van der Waals surface area contributed by atoms with E-state index >= 15 is 0 Å². The second kappa shape index (κ2) is 8.10. The van der Waals surface area contributed by atoms with Crippen LogP contribution in [0.4, 0.5) is 5.69 Å². The molecule has 6 heteroatoms. The number of carbonyl (C=O) groups is 1. The Morgan fingerprint density at radius 2 is 1.75 bits per heavy atom. The third kappa shape index (κ3) is 4.07. The van der Waals surface area contributed by atoms with Crippen molar-refractivity contribution >= 4 is 11.6 Å². The van der Waals surface area contributed by atoms with E-state index < -0.39 is 0 Å². The molecule has 1 unspecified atom stereocenters. The lowest BCUT2D eigenvalue weighted by molar-refractivity contribution is -0.121. The molecular formula is C22H26N2O4. The van der Waals surface area contributed by atoms with Crippen molar-refractivity contribution in [3.8, 4) is 17.2 Å². The van der Waals surface area contributed by atoms with Gasteiger partial charge in [-0.15, -0.1) is 0 Å². The molecule has 0 aromatic heterocycles. The Hall–Kier alpha value is -2.73. The highest BCUT2D eigenvalue weighted by Gasteiger charge is 2.27.